The van der Waals surface area contributed by atoms with Crippen LogP contribution in [0.5, 0.6) is 0 Å². The third kappa shape index (κ3) is 4.90. The van der Waals surface area contributed by atoms with Crippen LogP contribution in [0.25, 0.3) is 11.2 Å². The fourth-order valence-corrected chi connectivity index (χ4v) is 3.73. The Balaban J connectivity index is 0.000000327. The topological polar surface area (TPSA) is 103 Å². The predicted octanol–water partition coefficient (Wildman–Crippen LogP) is 3.78. The fraction of sp³-hybridized carbons (Fsp3) is 0.684. The lowest BCUT2D eigenvalue weighted by molar-refractivity contribution is -0.127. The SMILES string of the molecule is CC.CC(C)(O)O.CC1Nc2c(c(Cl)nc3c2ncn3C2CCCC2)C1O. The summed E-state index contributed by atoms with van der Waals surface area (Å²) in [6.07, 6.45) is 6.11. The zero-order valence-corrected chi connectivity index (χ0v) is 17.5. The zero-order chi connectivity index (χ0) is 20.4. The Morgan fingerprint density at radius 3 is 2.33 bits per heavy atom. The first-order valence-corrected chi connectivity index (χ1v) is 10.00. The molecule has 7 nitrogen and oxygen atoms in total. The van der Waals surface area contributed by atoms with Crippen molar-refractivity contribution in [3.63, 3.8) is 0 Å². The van der Waals surface area contributed by atoms with Crippen molar-refractivity contribution in [2.45, 2.75) is 84.3 Å². The fourth-order valence-electron chi connectivity index (χ4n) is 3.45. The van der Waals surface area contributed by atoms with Gasteiger partial charge in [-0.05, 0) is 33.6 Å². The van der Waals surface area contributed by atoms with E-state index < -0.39 is 11.9 Å². The van der Waals surface area contributed by atoms with E-state index in [9.17, 15) is 5.11 Å². The van der Waals surface area contributed by atoms with Gasteiger partial charge in [0, 0.05) is 11.6 Å². The normalized spacial score (nSPS) is 21.8. The molecule has 1 saturated carbocycles. The molecule has 1 aliphatic heterocycles. The molecule has 2 aromatic heterocycles. The number of nitrogens with zero attached hydrogens (tertiary/aromatic N) is 3. The van der Waals surface area contributed by atoms with Gasteiger partial charge < -0.3 is 25.2 Å². The summed E-state index contributed by atoms with van der Waals surface area (Å²) in [7, 11) is 0. The number of aliphatic hydroxyl groups excluding tert-OH is 1. The van der Waals surface area contributed by atoms with Crippen LogP contribution < -0.4 is 5.32 Å². The van der Waals surface area contributed by atoms with E-state index in [-0.39, 0.29) is 6.04 Å². The van der Waals surface area contributed by atoms with Crippen LogP contribution in [-0.4, -0.2) is 41.7 Å². The number of fused-ring (bicyclic) bond motifs is 3. The second-order valence-corrected chi connectivity index (χ2v) is 7.68. The summed E-state index contributed by atoms with van der Waals surface area (Å²) in [5.74, 6) is -1.50. The molecule has 0 bridgehead atoms. The highest BCUT2D eigenvalue weighted by Gasteiger charge is 2.34. The minimum Gasteiger partial charge on any atom is -0.386 e. The number of rotatable bonds is 1. The molecular formula is C19H31ClN4O3. The van der Waals surface area contributed by atoms with E-state index in [2.05, 4.69) is 19.9 Å². The number of anilines is 1. The molecule has 0 aromatic carbocycles. The first-order chi connectivity index (χ1) is 12.7. The lowest BCUT2D eigenvalue weighted by atomic mass is 10.1. The Morgan fingerprint density at radius 2 is 1.78 bits per heavy atom. The van der Waals surface area contributed by atoms with Gasteiger partial charge in [-0.25, -0.2) is 9.97 Å². The summed E-state index contributed by atoms with van der Waals surface area (Å²) in [6, 6.07) is 0.414. The maximum absolute atomic E-state index is 10.2. The first-order valence-electron chi connectivity index (χ1n) is 9.62. The largest absolute Gasteiger partial charge is 0.386 e. The van der Waals surface area contributed by atoms with E-state index in [0.29, 0.717) is 16.8 Å². The number of pyridine rings is 1. The van der Waals surface area contributed by atoms with Gasteiger partial charge in [0.1, 0.15) is 16.8 Å². The number of hydrogen-bond donors (Lipinski definition) is 4. The van der Waals surface area contributed by atoms with Crippen molar-refractivity contribution >= 4 is 28.5 Å². The van der Waals surface area contributed by atoms with Crippen molar-refractivity contribution in [3.8, 4) is 0 Å². The molecule has 0 radical (unpaired) electrons. The Morgan fingerprint density at radius 1 is 1.22 bits per heavy atom. The average molecular weight is 399 g/mol. The number of aliphatic hydroxyl groups is 3. The van der Waals surface area contributed by atoms with Crippen molar-refractivity contribution in [1.82, 2.24) is 14.5 Å². The molecule has 27 heavy (non-hydrogen) atoms. The van der Waals surface area contributed by atoms with Gasteiger partial charge in [0.15, 0.2) is 11.4 Å². The number of hydrogen-bond acceptors (Lipinski definition) is 6. The molecule has 4 rings (SSSR count). The minimum absolute atomic E-state index is 0.0634. The zero-order valence-electron chi connectivity index (χ0n) is 16.7. The first kappa shape index (κ1) is 21.9. The van der Waals surface area contributed by atoms with Crippen LogP contribution in [-0.2, 0) is 0 Å². The summed E-state index contributed by atoms with van der Waals surface area (Å²) in [4.78, 5) is 9.02. The van der Waals surface area contributed by atoms with Gasteiger partial charge in [-0.15, -0.1) is 0 Å². The van der Waals surface area contributed by atoms with Crippen molar-refractivity contribution in [2.75, 3.05) is 5.32 Å². The van der Waals surface area contributed by atoms with Gasteiger partial charge >= 0.3 is 0 Å². The Labute approximate surface area is 165 Å². The van der Waals surface area contributed by atoms with Crippen molar-refractivity contribution < 1.29 is 15.3 Å². The standard InChI is InChI=1S/C14H17ClN4O.C3H8O2.C2H6/c1-7-12(20)9-10(17-7)11-14(18-13(9)15)19(6-16-11)8-4-2-3-5-8;1-3(2,4)5;1-2/h6-8,12,17,20H,2-5H2,1H3;4-5H,1-2H3;1-2H3. The Bertz CT molecular complexity index is 760. The summed E-state index contributed by atoms with van der Waals surface area (Å²) < 4.78 is 2.14. The smallest absolute Gasteiger partial charge is 0.163 e. The highest BCUT2D eigenvalue weighted by atomic mass is 35.5. The molecule has 1 aliphatic carbocycles. The summed E-state index contributed by atoms with van der Waals surface area (Å²) in [5, 5.41) is 30.0. The number of imidazole rings is 1. The van der Waals surface area contributed by atoms with E-state index >= 15 is 0 Å². The Hall–Kier alpha value is -1.41. The molecule has 152 valence electrons. The van der Waals surface area contributed by atoms with Gasteiger partial charge in [-0.1, -0.05) is 38.3 Å². The van der Waals surface area contributed by atoms with Crippen LogP contribution in [0.3, 0.4) is 0 Å². The lowest BCUT2D eigenvalue weighted by Crippen LogP contribution is -2.15. The molecule has 0 amide bonds. The molecule has 3 heterocycles. The molecule has 1 fully saturated rings. The summed E-state index contributed by atoms with van der Waals surface area (Å²) in [6.45, 7) is 8.53. The predicted molar refractivity (Wildman–Crippen MR) is 108 cm³/mol. The number of nitrogens with one attached hydrogen (secondary N) is 1. The monoisotopic (exact) mass is 398 g/mol. The lowest BCUT2D eigenvalue weighted by Gasteiger charge is -2.12. The van der Waals surface area contributed by atoms with Crippen LogP contribution >= 0.6 is 11.6 Å². The second kappa shape index (κ2) is 8.73. The van der Waals surface area contributed by atoms with Crippen LogP contribution in [0, 0.1) is 0 Å². The summed E-state index contributed by atoms with van der Waals surface area (Å²) >= 11 is 6.29. The van der Waals surface area contributed by atoms with E-state index in [4.69, 9.17) is 21.8 Å². The highest BCUT2D eigenvalue weighted by molar-refractivity contribution is 6.31. The van der Waals surface area contributed by atoms with E-state index in [1.807, 2.05) is 27.1 Å². The molecule has 2 atom stereocenters. The van der Waals surface area contributed by atoms with Gasteiger partial charge in [0.2, 0.25) is 0 Å². The maximum Gasteiger partial charge on any atom is 0.163 e. The number of halogens is 1. The molecular weight excluding hydrogens is 368 g/mol. The minimum atomic E-state index is -1.50. The molecule has 2 unspecified atom stereocenters. The van der Waals surface area contributed by atoms with Gasteiger partial charge in [0.05, 0.1) is 18.1 Å². The van der Waals surface area contributed by atoms with Gasteiger partial charge in [0.25, 0.3) is 0 Å². The quantitative estimate of drug-likeness (QED) is 0.430. The van der Waals surface area contributed by atoms with E-state index in [1.165, 1.54) is 39.5 Å². The molecule has 4 N–H and O–H groups in total. The molecule has 2 aromatic rings. The van der Waals surface area contributed by atoms with Gasteiger partial charge in [-0.2, -0.15) is 0 Å². The molecule has 2 aliphatic rings. The van der Waals surface area contributed by atoms with Crippen LogP contribution in [0.4, 0.5) is 5.69 Å². The van der Waals surface area contributed by atoms with Crippen LogP contribution in [0.15, 0.2) is 6.33 Å². The third-order valence-corrected chi connectivity index (χ3v) is 4.85. The van der Waals surface area contributed by atoms with Crippen molar-refractivity contribution in [2.24, 2.45) is 0 Å². The molecule has 0 saturated heterocycles. The van der Waals surface area contributed by atoms with Crippen LogP contribution in [0.2, 0.25) is 5.15 Å². The molecule has 8 heteroatoms. The highest BCUT2D eigenvalue weighted by Crippen LogP contribution is 2.43. The van der Waals surface area contributed by atoms with E-state index in [0.717, 1.165) is 16.9 Å². The average Bonchev–Trinajstić information content (AvgIpc) is 3.28. The maximum atomic E-state index is 10.2. The second-order valence-electron chi connectivity index (χ2n) is 7.33. The van der Waals surface area contributed by atoms with Crippen molar-refractivity contribution in [3.05, 3.63) is 17.0 Å². The van der Waals surface area contributed by atoms with Gasteiger partial charge in [-0.3, -0.25) is 0 Å². The third-order valence-electron chi connectivity index (χ3n) is 4.56. The Kier molecular flexibility index (Phi) is 7.08. The summed E-state index contributed by atoms with van der Waals surface area (Å²) in [5.41, 5.74) is 3.18. The van der Waals surface area contributed by atoms with Crippen molar-refractivity contribution in [1.29, 1.82) is 0 Å². The number of aromatic nitrogens is 3. The van der Waals surface area contributed by atoms with Crippen LogP contribution in [0.1, 0.15) is 78.0 Å². The molecule has 0 spiro atoms. The van der Waals surface area contributed by atoms with E-state index in [1.54, 1.807) is 0 Å².